The third-order valence-corrected chi connectivity index (χ3v) is 2.35. The maximum Gasteiger partial charge on any atom is 0.271 e. The summed E-state index contributed by atoms with van der Waals surface area (Å²) in [6.45, 7) is 1.92. The quantitative estimate of drug-likeness (QED) is 0.769. The molecular formula is C11H15N3O. The second-order valence-electron chi connectivity index (χ2n) is 3.29. The molecule has 2 aromatic rings. The fourth-order valence-corrected chi connectivity index (χ4v) is 1.51. The summed E-state index contributed by atoms with van der Waals surface area (Å²) >= 11 is 0. The van der Waals surface area contributed by atoms with E-state index in [2.05, 4.69) is 0 Å². The van der Waals surface area contributed by atoms with E-state index in [1.54, 1.807) is 10.7 Å². The standard InChI is InChI=1S/C11H12N2O.H3N/c1-9-8-11(14)13(12(9)2)10-6-4-3-5-7-10;/h3-8H,1-2H3;1H3. The molecule has 15 heavy (non-hydrogen) atoms. The second-order valence-corrected chi connectivity index (χ2v) is 3.29. The number of hydrogen-bond acceptors (Lipinski definition) is 2. The Bertz CT molecular complexity index is 496. The van der Waals surface area contributed by atoms with Gasteiger partial charge in [0.15, 0.2) is 0 Å². The molecule has 3 N–H and O–H groups in total. The molecule has 4 heteroatoms. The van der Waals surface area contributed by atoms with Gasteiger partial charge >= 0.3 is 0 Å². The number of nitrogens with zero attached hydrogens (tertiary/aromatic N) is 2. The summed E-state index contributed by atoms with van der Waals surface area (Å²) in [4.78, 5) is 11.6. The second kappa shape index (κ2) is 4.14. The lowest BCUT2D eigenvalue weighted by Crippen LogP contribution is -2.18. The van der Waals surface area contributed by atoms with Crippen molar-refractivity contribution in [2.75, 3.05) is 0 Å². The van der Waals surface area contributed by atoms with Crippen LogP contribution in [0.5, 0.6) is 0 Å². The van der Waals surface area contributed by atoms with Gasteiger partial charge in [-0.3, -0.25) is 9.48 Å². The average molecular weight is 205 g/mol. The van der Waals surface area contributed by atoms with Crippen molar-refractivity contribution in [3.8, 4) is 5.69 Å². The Balaban J connectivity index is 0.00000112. The summed E-state index contributed by atoms with van der Waals surface area (Å²) in [5, 5.41) is 0. The van der Waals surface area contributed by atoms with Crippen molar-refractivity contribution in [1.29, 1.82) is 0 Å². The van der Waals surface area contributed by atoms with Gasteiger partial charge in [0.05, 0.1) is 5.69 Å². The lowest BCUT2D eigenvalue weighted by Gasteiger charge is -2.07. The highest BCUT2D eigenvalue weighted by Gasteiger charge is 2.05. The minimum absolute atomic E-state index is 0. The highest BCUT2D eigenvalue weighted by molar-refractivity contribution is 5.30. The van der Waals surface area contributed by atoms with Gasteiger partial charge < -0.3 is 6.15 Å². The Labute approximate surface area is 88.3 Å². The Morgan fingerprint density at radius 2 is 1.73 bits per heavy atom. The zero-order chi connectivity index (χ0) is 10.1. The molecule has 1 heterocycles. The third kappa shape index (κ3) is 1.85. The number of rotatable bonds is 1. The van der Waals surface area contributed by atoms with Crippen LogP contribution in [-0.2, 0) is 7.05 Å². The summed E-state index contributed by atoms with van der Waals surface area (Å²) in [5.74, 6) is 0. The van der Waals surface area contributed by atoms with Gasteiger partial charge in [-0.05, 0) is 19.1 Å². The topological polar surface area (TPSA) is 61.9 Å². The molecule has 1 aromatic heterocycles. The molecule has 0 saturated carbocycles. The summed E-state index contributed by atoms with van der Waals surface area (Å²) in [5.41, 5.74) is 1.86. The van der Waals surface area contributed by atoms with Crippen molar-refractivity contribution in [1.82, 2.24) is 15.5 Å². The molecular weight excluding hydrogens is 190 g/mol. The first-order chi connectivity index (χ1) is 6.70. The molecule has 0 amide bonds. The van der Waals surface area contributed by atoms with Gasteiger partial charge in [-0.15, -0.1) is 0 Å². The fraction of sp³-hybridized carbons (Fsp3) is 0.182. The van der Waals surface area contributed by atoms with Crippen molar-refractivity contribution in [3.63, 3.8) is 0 Å². The van der Waals surface area contributed by atoms with Gasteiger partial charge in [-0.1, -0.05) is 18.2 Å². The van der Waals surface area contributed by atoms with Crippen molar-refractivity contribution >= 4 is 0 Å². The molecule has 0 unspecified atom stereocenters. The fourth-order valence-electron chi connectivity index (χ4n) is 1.51. The number of benzene rings is 1. The Morgan fingerprint density at radius 1 is 1.13 bits per heavy atom. The van der Waals surface area contributed by atoms with Crippen LogP contribution in [0.2, 0.25) is 0 Å². The van der Waals surface area contributed by atoms with Crippen molar-refractivity contribution < 1.29 is 0 Å². The smallest absolute Gasteiger partial charge is 0.271 e. The molecule has 0 fully saturated rings. The van der Waals surface area contributed by atoms with Crippen LogP contribution in [0, 0.1) is 6.92 Å². The van der Waals surface area contributed by atoms with Gasteiger partial charge in [0.1, 0.15) is 0 Å². The van der Waals surface area contributed by atoms with E-state index in [0.29, 0.717) is 0 Å². The zero-order valence-corrected chi connectivity index (χ0v) is 8.97. The molecule has 0 radical (unpaired) electrons. The molecule has 4 nitrogen and oxygen atoms in total. The molecule has 2 rings (SSSR count). The molecule has 0 bridgehead atoms. The lowest BCUT2D eigenvalue weighted by molar-refractivity contribution is 0.630. The van der Waals surface area contributed by atoms with E-state index >= 15 is 0 Å². The van der Waals surface area contributed by atoms with Gasteiger partial charge in [0.2, 0.25) is 0 Å². The molecule has 0 saturated heterocycles. The Kier molecular flexibility index (Phi) is 3.11. The van der Waals surface area contributed by atoms with E-state index in [0.717, 1.165) is 11.4 Å². The van der Waals surface area contributed by atoms with Crippen LogP contribution in [0.4, 0.5) is 0 Å². The minimum Gasteiger partial charge on any atom is -0.344 e. The van der Waals surface area contributed by atoms with E-state index in [9.17, 15) is 4.79 Å². The van der Waals surface area contributed by atoms with Crippen LogP contribution >= 0.6 is 0 Å². The number of para-hydroxylation sites is 1. The van der Waals surface area contributed by atoms with Crippen LogP contribution in [-0.4, -0.2) is 9.36 Å². The maximum absolute atomic E-state index is 11.6. The average Bonchev–Trinajstić information content (AvgIpc) is 2.43. The summed E-state index contributed by atoms with van der Waals surface area (Å²) in [6, 6.07) is 11.2. The molecule has 0 atom stereocenters. The SMILES string of the molecule is Cc1cc(=O)n(-c2ccccc2)n1C.N. The van der Waals surface area contributed by atoms with Crippen molar-refractivity contribution in [2.24, 2.45) is 7.05 Å². The van der Waals surface area contributed by atoms with Crippen LogP contribution in [0.1, 0.15) is 5.69 Å². The van der Waals surface area contributed by atoms with Gasteiger partial charge in [0, 0.05) is 18.8 Å². The van der Waals surface area contributed by atoms with Crippen LogP contribution in [0.15, 0.2) is 41.2 Å². The van der Waals surface area contributed by atoms with Gasteiger partial charge in [0.25, 0.3) is 5.56 Å². The molecule has 0 aliphatic rings. The van der Waals surface area contributed by atoms with E-state index < -0.39 is 0 Å². The summed E-state index contributed by atoms with van der Waals surface area (Å²) in [7, 11) is 1.88. The lowest BCUT2D eigenvalue weighted by atomic mass is 10.3. The van der Waals surface area contributed by atoms with E-state index in [1.165, 1.54) is 0 Å². The third-order valence-electron chi connectivity index (χ3n) is 2.35. The summed E-state index contributed by atoms with van der Waals surface area (Å²) < 4.78 is 3.49. The van der Waals surface area contributed by atoms with Crippen molar-refractivity contribution in [3.05, 3.63) is 52.4 Å². The zero-order valence-electron chi connectivity index (χ0n) is 8.97. The predicted molar refractivity (Wildman–Crippen MR) is 60.8 cm³/mol. The van der Waals surface area contributed by atoms with E-state index in [4.69, 9.17) is 0 Å². The number of aromatic nitrogens is 2. The molecule has 80 valence electrons. The van der Waals surface area contributed by atoms with Gasteiger partial charge in [-0.2, -0.15) is 0 Å². The molecule has 0 spiro atoms. The molecule has 1 aromatic carbocycles. The normalized spacial score (nSPS) is 9.73. The molecule has 0 aliphatic heterocycles. The van der Waals surface area contributed by atoms with Crippen LogP contribution in [0.25, 0.3) is 5.69 Å². The van der Waals surface area contributed by atoms with E-state index in [-0.39, 0.29) is 11.7 Å². The summed E-state index contributed by atoms with van der Waals surface area (Å²) in [6.07, 6.45) is 0. The Morgan fingerprint density at radius 3 is 2.20 bits per heavy atom. The predicted octanol–water partition coefficient (Wildman–Crippen LogP) is 1.65. The van der Waals surface area contributed by atoms with E-state index in [1.807, 2.05) is 49.0 Å². The number of aryl methyl sites for hydroxylation is 1. The highest BCUT2D eigenvalue weighted by atomic mass is 16.1. The Hall–Kier alpha value is -1.81. The van der Waals surface area contributed by atoms with Crippen LogP contribution in [0.3, 0.4) is 0 Å². The first-order valence-corrected chi connectivity index (χ1v) is 4.51. The highest BCUT2D eigenvalue weighted by Crippen LogP contribution is 2.04. The van der Waals surface area contributed by atoms with Crippen LogP contribution < -0.4 is 11.7 Å². The first kappa shape index (κ1) is 11.3. The molecule has 0 aliphatic carbocycles. The monoisotopic (exact) mass is 205 g/mol. The number of hydrogen-bond donors (Lipinski definition) is 1. The minimum atomic E-state index is 0. The van der Waals surface area contributed by atoms with Gasteiger partial charge in [-0.25, -0.2) is 4.68 Å². The first-order valence-electron chi connectivity index (χ1n) is 4.51. The maximum atomic E-state index is 11.6. The van der Waals surface area contributed by atoms with Crippen molar-refractivity contribution in [2.45, 2.75) is 6.92 Å². The largest absolute Gasteiger partial charge is 0.344 e.